The van der Waals surface area contributed by atoms with Gasteiger partial charge in [0.2, 0.25) is 10.0 Å². The van der Waals surface area contributed by atoms with Crippen LogP contribution in [-0.4, -0.2) is 29.7 Å². The zero-order valence-corrected chi connectivity index (χ0v) is 11.7. The number of rotatable bonds is 5. The molecule has 0 fully saturated rings. The van der Waals surface area contributed by atoms with Crippen molar-refractivity contribution in [1.29, 1.82) is 0 Å². The van der Waals surface area contributed by atoms with Gasteiger partial charge in [0.15, 0.2) is 0 Å². The Labute approximate surface area is 119 Å². The molecule has 0 atom stereocenters. The van der Waals surface area contributed by atoms with E-state index in [9.17, 15) is 17.6 Å². The first-order valence-electron chi connectivity index (χ1n) is 5.82. The van der Waals surface area contributed by atoms with Gasteiger partial charge in [-0.1, -0.05) is 0 Å². The van der Waals surface area contributed by atoms with Crippen molar-refractivity contribution in [2.75, 3.05) is 0 Å². The van der Waals surface area contributed by atoms with Gasteiger partial charge in [0.05, 0.1) is 11.8 Å². The number of carboxylic acids is 1. The van der Waals surface area contributed by atoms with E-state index in [-0.39, 0.29) is 12.1 Å². The van der Waals surface area contributed by atoms with Crippen molar-refractivity contribution in [2.45, 2.75) is 18.4 Å². The Morgan fingerprint density at radius 1 is 1.48 bits per heavy atom. The predicted molar refractivity (Wildman–Crippen MR) is 70.7 cm³/mol. The molecule has 0 aliphatic heterocycles. The van der Waals surface area contributed by atoms with E-state index in [0.29, 0.717) is 11.3 Å². The molecule has 2 rings (SSSR count). The molecule has 21 heavy (non-hydrogen) atoms. The Morgan fingerprint density at radius 2 is 2.19 bits per heavy atom. The van der Waals surface area contributed by atoms with Crippen LogP contribution in [0, 0.1) is 12.7 Å². The second-order valence-corrected chi connectivity index (χ2v) is 6.03. The summed E-state index contributed by atoms with van der Waals surface area (Å²) in [5.74, 6) is -2.35. The fraction of sp³-hybridized carbons (Fsp3) is 0.167. The molecule has 2 aromatic rings. The molecule has 0 unspecified atom stereocenters. The molecule has 1 heterocycles. The van der Waals surface area contributed by atoms with Crippen molar-refractivity contribution < 1.29 is 22.7 Å². The third-order valence-corrected chi connectivity index (χ3v) is 4.27. The molecule has 0 saturated heterocycles. The Hall–Kier alpha value is -2.26. The maximum atomic E-state index is 13.6. The lowest BCUT2D eigenvalue weighted by Crippen LogP contribution is -2.24. The van der Waals surface area contributed by atoms with Gasteiger partial charge in [-0.3, -0.25) is 5.10 Å². The fourth-order valence-corrected chi connectivity index (χ4v) is 2.75. The highest BCUT2D eigenvalue weighted by Crippen LogP contribution is 2.17. The van der Waals surface area contributed by atoms with E-state index in [1.165, 1.54) is 6.20 Å². The predicted octanol–water partition coefficient (Wildman–Crippen LogP) is 1.03. The van der Waals surface area contributed by atoms with E-state index >= 15 is 0 Å². The second-order valence-electron chi connectivity index (χ2n) is 4.30. The van der Waals surface area contributed by atoms with Crippen LogP contribution in [-0.2, 0) is 16.6 Å². The van der Waals surface area contributed by atoms with Crippen LogP contribution in [0.4, 0.5) is 4.39 Å². The van der Waals surface area contributed by atoms with E-state index in [0.717, 1.165) is 18.2 Å². The Morgan fingerprint density at radius 3 is 2.76 bits per heavy atom. The number of sulfonamides is 1. The molecule has 0 saturated carbocycles. The highest BCUT2D eigenvalue weighted by molar-refractivity contribution is 7.89. The molecular formula is C12H12FN3O4S. The van der Waals surface area contributed by atoms with Crippen LogP contribution in [0.2, 0.25) is 0 Å². The zero-order valence-electron chi connectivity index (χ0n) is 10.9. The fourth-order valence-electron chi connectivity index (χ4n) is 1.65. The number of hydrogen-bond acceptors (Lipinski definition) is 4. The van der Waals surface area contributed by atoms with Crippen molar-refractivity contribution in [3.05, 3.63) is 47.0 Å². The lowest BCUT2D eigenvalue weighted by atomic mass is 10.2. The molecule has 1 aromatic carbocycles. The lowest BCUT2D eigenvalue weighted by molar-refractivity contribution is 0.0696. The summed E-state index contributed by atoms with van der Waals surface area (Å²) in [6, 6.07) is 2.58. The third-order valence-electron chi connectivity index (χ3n) is 2.85. The smallest absolute Gasteiger partial charge is 0.335 e. The standard InChI is InChI=1S/C12H12FN3O4S/c1-7-9(5-14-16-7)6-15-21(19,20)11-4-8(12(17)18)2-3-10(11)13/h2-5,15H,6H2,1H3,(H,14,16)(H,17,18). The number of nitrogens with zero attached hydrogens (tertiary/aromatic N) is 1. The third kappa shape index (κ3) is 3.26. The van der Waals surface area contributed by atoms with Gasteiger partial charge in [0.1, 0.15) is 10.7 Å². The number of aromatic amines is 1. The van der Waals surface area contributed by atoms with Gasteiger partial charge in [-0.05, 0) is 25.1 Å². The maximum absolute atomic E-state index is 13.6. The molecule has 0 spiro atoms. The topological polar surface area (TPSA) is 112 Å². The van der Waals surface area contributed by atoms with E-state index < -0.39 is 26.7 Å². The Bertz CT molecular complexity index is 786. The number of aromatic nitrogens is 2. The van der Waals surface area contributed by atoms with Gasteiger partial charge in [-0.25, -0.2) is 22.3 Å². The maximum Gasteiger partial charge on any atom is 0.335 e. The lowest BCUT2D eigenvalue weighted by Gasteiger charge is -2.08. The first kappa shape index (κ1) is 15.1. The highest BCUT2D eigenvalue weighted by atomic mass is 32.2. The van der Waals surface area contributed by atoms with Crippen LogP contribution >= 0.6 is 0 Å². The molecule has 0 aliphatic carbocycles. The van der Waals surface area contributed by atoms with Crippen molar-refractivity contribution >= 4 is 16.0 Å². The summed E-state index contributed by atoms with van der Waals surface area (Å²) in [4.78, 5) is 10.1. The first-order chi connectivity index (χ1) is 9.81. The van der Waals surface area contributed by atoms with Gasteiger partial charge >= 0.3 is 5.97 Å². The SMILES string of the molecule is Cc1[nH]ncc1CNS(=O)(=O)c1cc(C(=O)O)ccc1F. The van der Waals surface area contributed by atoms with Gasteiger partial charge in [-0.2, -0.15) is 5.10 Å². The summed E-state index contributed by atoms with van der Waals surface area (Å²) in [6.45, 7) is 1.63. The molecule has 9 heteroatoms. The summed E-state index contributed by atoms with van der Waals surface area (Å²) in [5, 5.41) is 15.2. The number of hydrogen-bond donors (Lipinski definition) is 3. The summed E-state index contributed by atoms with van der Waals surface area (Å²) < 4.78 is 40.0. The molecule has 0 radical (unpaired) electrons. The Balaban J connectivity index is 2.29. The van der Waals surface area contributed by atoms with E-state index in [4.69, 9.17) is 5.11 Å². The first-order valence-corrected chi connectivity index (χ1v) is 7.31. The minimum atomic E-state index is -4.17. The molecule has 1 aromatic heterocycles. The van der Waals surface area contributed by atoms with Crippen LogP contribution in [0.3, 0.4) is 0 Å². The van der Waals surface area contributed by atoms with Crippen molar-refractivity contribution in [3.8, 4) is 0 Å². The average molecular weight is 313 g/mol. The van der Waals surface area contributed by atoms with Crippen LogP contribution in [0.1, 0.15) is 21.6 Å². The zero-order chi connectivity index (χ0) is 15.6. The minimum absolute atomic E-state index is 0.0819. The summed E-state index contributed by atoms with van der Waals surface area (Å²) >= 11 is 0. The number of H-pyrrole nitrogens is 1. The molecule has 7 nitrogen and oxygen atoms in total. The van der Waals surface area contributed by atoms with E-state index in [1.54, 1.807) is 6.92 Å². The van der Waals surface area contributed by atoms with Gasteiger partial charge in [0, 0.05) is 17.8 Å². The number of halogens is 1. The summed E-state index contributed by atoms with van der Waals surface area (Å²) in [6.07, 6.45) is 1.45. The second kappa shape index (κ2) is 5.62. The average Bonchev–Trinajstić information content (AvgIpc) is 2.82. The summed E-state index contributed by atoms with van der Waals surface area (Å²) in [5.41, 5.74) is 0.974. The molecule has 0 amide bonds. The van der Waals surface area contributed by atoms with Crippen molar-refractivity contribution in [3.63, 3.8) is 0 Å². The normalized spacial score (nSPS) is 11.5. The van der Waals surface area contributed by atoms with Crippen LogP contribution in [0.15, 0.2) is 29.3 Å². The van der Waals surface area contributed by atoms with Gasteiger partial charge in [0.25, 0.3) is 0 Å². The van der Waals surface area contributed by atoms with Crippen molar-refractivity contribution in [1.82, 2.24) is 14.9 Å². The van der Waals surface area contributed by atoms with Crippen LogP contribution in [0.5, 0.6) is 0 Å². The van der Waals surface area contributed by atoms with Crippen LogP contribution in [0.25, 0.3) is 0 Å². The van der Waals surface area contributed by atoms with E-state index in [1.807, 2.05) is 0 Å². The quantitative estimate of drug-likeness (QED) is 0.763. The number of nitrogens with one attached hydrogen (secondary N) is 2. The molecule has 0 aliphatic rings. The largest absolute Gasteiger partial charge is 0.478 e. The highest BCUT2D eigenvalue weighted by Gasteiger charge is 2.21. The minimum Gasteiger partial charge on any atom is -0.478 e. The monoisotopic (exact) mass is 313 g/mol. The van der Waals surface area contributed by atoms with E-state index in [2.05, 4.69) is 14.9 Å². The number of carbonyl (C=O) groups is 1. The molecular weight excluding hydrogens is 301 g/mol. The van der Waals surface area contributed by atoms with Crippen molar-refractivity contribution in [2.24, 2.45) is 0 Å². The molecule has 3 N–H and O–H groups in total. The number of aromatic carboxylic acids is 1. The summed E-state index contributed by atoms with van der Waals surface area (Å²) in [7, 11) is -4.17. The van der Waals surface area contributed by atoms with Crippen LogP contribution < -0.4 is 4.72 Å². The number of benzene rings is 1. The Kier molecular flexibility index (Phi) is 4.05. The van der Waals surface area contributed by atoms with Gasteiger partial charge < -0.3 is 5.11 Å². The molecule has 0 bridgehead atoms. The number of carboxylic acid groups (broad SMARTS) is 1. The van der Waals surface area contributed by atoms with Gasteiger partial charge in [-0.15, -0.1) is 0 Å². The molecule has 112 valence electrons. The number of aryl methyl sites for hydroxylation is 1.